The van der Waals surface area contributed by atoms with Gasteiger partial charge < -0.3 is 15.4 Å². The molecular formula is C13H18N2O2. The molecule has 1 aliphatic heterocycles. The molecule has 0 aromatic heterocycles. The number of amides is 1. The van der Waals surface area contributed by atoms with Crippen molar-refractivity contribution in [1.29, 1.82) is 0 Å². The Hall–Kier alpha value is -1.39. The van der Waals surface area contributed by atoms with Crippen molar-refractivity contribution < 1.29 is 9.53 Å². The summed E-state index contributed by atoms with van der Waals surface area (Å²) in [5.74, 6) is 0.00662. The lowest BCUT2D eigenvalue weighted by Gasteiger charge is -2.21. The van der Waals surface area contributed by atoms with Crippen molar-refractivity contribution in [3.8, 4) is 0 Å². The Morgan fingerprint density at radius 3 is 2.71 bits per heavy atom. The molecule has 1 aliphatic rings. The smallest absolute Gasteiger partial charge is 0.255 e. The van der Waals surface area contributed by atoms with E-state index in [1.165, 1.54) is 0 Å². The van der Waals surface area contributed by atoms with Crippen LogP contribution in [0, 0.1) is 0 Å². The number of likely N-dealkylation sites (N-methyl/N-ethyl adjacent to an activating group) is 1. The number of carbonyl (C=O) groups is 1. The largest absolute Gasteiger partial charge is 0.364 e. The van der Waals surface area contributed by atoms with Crippen LogP contribution in [0.4, 0.5) is 5.69 Å². The van der Waals surface area contributed by atoms with Crippen LogP contribution in [0.5, 0.6) is 0 Å². The predicted octanol–water partition coefficient (Wildman–Crippen LogP) is 1.16. The molecule has 2 atom stereocenters. The minimum atomic E-state index is -0.339. The Balaban J connectivity index is 2.01. The van der Waals surface area contributed by atoms with Gasteiger partial charge in [0.25, 0.3) is 5.91 Å². The van der Waals surface area contributed by atoms with Crippen molar-refractivity contribution in [2.75, 3.05) is 18.5 Å². The molecular weight excluding hydrogens is 216 g/mol. The van der Waals surface area contributed by atoms with Gasteiger partial charge in [0.05, 0.1) is 6.10 Å². The first-order valence-electron chi connectivity index (χ1n) is 5.90. The van der Waals surface area contributed by atoms with Gasteiger partial charge in [-0.05, 0) is 25.0 Å². The van der Waals surface area contributed by atoms with Crippen molar-refractivity contribution in [3.63, 3.8) is 0 Å². The van der Waals surface area contributed by atoms with Gasteiger partial charge in [0.2, 0.25) is 0 Å². The normalized spacial score (nSPS) is 23.6. The molecule has 17 heavy (non-hydrogen) atoms. The molecule has 1 fully saturated rings. The zero-order chi connectivity index (χ0) is 12.3. The van der Waals surface area contributed by atoms with E-state index in [1.807, 2.05) is 30.3 Å². The number of nitrogens with zero attached hydrogens (tertiary/aromatic N) is 1. The first-order chi connectivity index (χ1) is 8.22. The first kappa shape index (κ1) is 12.1. The van der Waals surface area contributed by atoms with E-state index < -0.39 is 0 Å². The lowest BCUT2D eigenvalue weighted by molar-refractivity contribution is -0.128. The van der Waals surface area contributed by atoms with Crippen LogP contribution < -0.4 is 10.6 Å². The van der Waals surface area contributed by atoms with Gasteiger partial charge >= 0.3 is 0 Å². The van der Waals surface area contributed by atoms with Crippen molar-refractivity contribution in [2.24, 2.45) is 5.73 Å². The molecule has 2 N–H and O–H groups in total. The van der Waals surface area contributed by atoms with Gasteiger partial charge in [-0.15, -0.1) is 0 Å². The second kappa shape index (κ2) is 5.29. The van der Waals surface area contributed by atoms with Crippen LogP contribution in [0.3, 0.4) is 0 Å². The van der Waals surface area contributed by atoms with E-state index in [2.05, 4.69) is 0 Å². The number of hydrogen-bond acceptors (Lipinski definition) is 3. The predicted molar refractivity (Wildman–Crippen MR) is 66.8 cm³/mol. The molecule has 0 spiro atoms. The van der Waals surface area contributed by atoms with Crippen molar-refractivity contribution in [3.05, 3.63) is 30.3 Å². The third-order valence-electron chi connectivity index (χ3n) is 3.12. The van der Waals surface area contributed by atoms with Gasteiger partial charge in [0.15, 0.2) is 0 Å². The van der Waals surface area contributed by atoms with Crippen LogP contribution >= 0.6 is 0 Å². The second-order valence-electron chi connectivity index (χ2n) is 4.29. The summed E-state index contributed by atoms with van der Waals surface area (Å²) in [6, 6.07) is 9.58. The molecule has 2 rings (SSSR count). The maximum absolute atomic E-state index is 12.2. The van der Waals surface area contributed by atoms with Gasteiger partial charge in [0.1, 0.15) is 6.10 Å². The van der Waals surface area contributed by atoms with Crippen molar-refractivity contribution in [1.82, 2.24) is 0 Å². The summed E-state index contributed by atoms with van der Waals surface area (Å²) in [4.78, 5) is 13.8. The molecule has 1 aromatic rings. The molecule has 0 aliphatic carbocycles. The van der Waals surface area contributed by atoms with E-state index in [0.29, 0.717) is 6.54 Å². The molecule has 2 unspecified atom stereocenters. The molecule has 1 aromatic carbocycles. The number of hydrogen-bond donors (Lipinski definition) is 1. The molecule has 0 saturated carbocycles. The fourth-order valence-electron chi connectivity index (χ4n) is 2.06. The number of anilines is 1. The Bertz CT molecular complexity index is 380. The topological polar surface area (TPSA) is 55.6 Å². The lowest BCUT2D eigenvalue weighted by Crippen LogP contribution is -2.37. The number of para-hydroxylation sites is 1. The summed E-state index contributed by atoms with van der Waals surface area (Å²) in [7, 11) is 1.77. The minimum Gasteiger partial charge on any atom is -0.364 e. The molecule has 1 saturated heterocycles. The van der Waals surface area contributed by atoms with Crippen LogP contribution in [0.15, 0.2) is 30.3 Å². The van der Waals surface area contributed by atoms with Gasteiger partial charge in [-0.3, -0.25) is 4.79 Å². The summed E-state index contributed by atoms with van der Waals surface area (Å²) in [5, 5.41) is 0. The minimum absolute atomic E-state index is 0.00662. The van der Waals surface area contributed by atoms with Crippen LogP contribution in [0.1, 0.15) is 12.8 Å². The zero-order valence-corrected chi connectivity index (χ0v) is 10.0. The number of benzene rings is 1. The van der Waals surface area contributed by atoms with E-state index >= 15 is 0 Å². The van der Waals surface area contributed by atoms with Gasteiger partial charge in [0, 0.05) is 19.3 Å². The summed E-state index contributed by atoms with van der Waals surface area (Å²) >= 11 is 0. The van der Waals surface area contributed by atoms with Gasteiger partial charge in [-0.25, -0.2) is 0 Å². The Morgan fingerprint density at radius 2 is 2.12 bits per heavy atom. The van der Waals surface area contributed by atoms with E-state index in [1.54, 1.807) is 11.9 Å². The van der Waals surface area contributed by atoms with E-state index in [0.717, 1.165) is 18.5 Å². The van der Waals surface area contributed by atoms with Crippen molar-refractivity contribution in [2.45, 2.75) is 25.0 Å². The van der Waals surface area contributed by atoms with Crippen LogP contribution in [-0.4, -0.2) is 31.7 Å². The summed E-state index contributed by atoms with van der Waals surface area (Å²) < 4.78 is 5.60. The van der Waals surface area contributed by atoms with Gasteiger partial charge in [-0.1, -0.05) is 18.2 Å². The quantitative estimate of drug-likeness (QED) is 0.853. The van der Waals surface area contributed by atoms with Crippen molar-refractivity contribution >= 4 is 11.6 Å². The Morgan fingerprint density at radius 1 is 1.41 bits per heavy atom. The number of nitrogens with two attached hydrogens (primary N) is 1. The maximum Gasteiger partial charge on any atom is 0.255 e. The molecule has 0 radical (unpaired) electrons. The molecule has 0 bridgehead atoms. The number of rotatable bonds is 3. The Kier molecular flexibility index (Phi) is 3.76. The average molecular weight is 234 g/mol. The molecule has 1 heterocycles. The highest BCUT2D eigenvalue weighted by Crippen LogP contribution is 2.22. The van der Waals surface area contributed by atoms with Crippen LogP contribution in [-0.2, 0) is 9.53 Å². The highest BCUT2D eigenvalue weighted by atomic mass is 16.5. The summed E-state index contributed by atoms with van der Waals surface area (Å²) in [5.41, 5.74) is 6.42. The Labute approximate surface area is 101 Å². The van der Waals surface area contributed by atoms with Crippen LogP contribution in [0.2, 0.25) is 0 Å². The summed E-state index contributed by atoms with van der Waals surface area (Å²) in [6.07, 6.45) is 1.33. The summed E-state index contributed by atoms with van der Waals surface area (Å²) in [6.45, 7) is 0.485. The van der Waals surface area contributed by atoms with Gasteiger partial charge in [-0.2, -0.15) is 0 Å². The molecule has 4 nitrogen and oxygen atoms in total. The zero-order valence-electron chi connectivity index (χ0n) is 10.0. The SMILES string of the molecule is CN(C(=O)C1CCC(CN)O1)c1ccccc1. The van der Waals surface area contributed by atoms with E-state index in [4.69, 9.17) is 10.5 Å². The van der Waals surface area contributed by atoms with Crippen LogP contribution in [0.25, 0.3) is 0 Å². The third kappa shape index (κ3) is 2.65. The third-order valence-corrected chi connectivity index (χ3v) is 3.12. The van der Waals surface area contributed by atoms with E-state index in [9.17, 15) is 4.79 Å². The molecule has 1 amide bonds. The maximum atomic E-state index is 12.2. The molecule has 4 heteroatoms. The van der Waals surface area contributed by atoms with E-state index in [-0.39, 0.29) is 18.1 Å². The first-order valence-corrected chi connectivity index (χ1v) is 5.90. The standard InChI is InChI=1S/C13H18N2O2/c1-15(10-5-3-2-4-6-10)13(16)12-8-7-11(9-14)17-12/h2-6,11-12H,7-9,14H2,1H3. The fourth-order valence-corrected chi connectivity index (χ4v) is 2.06. The average Bonchev–Trinajstić information content (AvgIpc) is 2.87. The lowest BCUT2D eigenvalue weighted by atomic mass is 10.1. The number of ether oxygens (including phenoxy) is 1. The number of carbonyl (C=O) groups excluding carboxylic acids is 1. The highest BCUT2D eigenvalue weighted by Gasteiger charge is 2.32. The second-order valence-corrected chi connectivity index (χ2v) is 4.29. The fraction of sp³-hybridized carbons (Fsp3) is 0.462. The highest BCUT2D eigenvalue weighted by molar-refractivity contribution is 5.96. The monoisotopic (exact) mass is 234 g/mol. The molecule has 92 valence electrons.